The maximum absolute atomic E-state index is 11.4. The minimum atomic E-state index is -0.478. The Morgan fingerprint density at radius 3 is 2.62 bits per heavy atom. The summed E-state index contributed by atoms with van der Waals surface area (Å²) in [7, 11) is 1.38. The van der Waals surface area contributed by atoms with Gasteiger partial charge >= 0.3 is 5.97 Å². The third kappa shape index (κ3) is 1.76. The van der Waals surface area contributed by atoms with Crippen LogP contribution in [0.25, 0.3) is 0 Å². The zero-order chi connectivity index (χ0) is 11.8. The first kappa shape index (κ1) is 11.6. The van der Waals surface area contributed by atoms with Gasteiger partial charge in [-0.05, 0) is 24.1 Å². The van der Waals surface area contributed by atoms with Crippen LogP contribution in [-0.2, 0) is 19.9 Å². The Morgan fingerprint density at radius 1 is 1.50 bits per heavy atom. The Balaban J connectivity index is 2.25. The van der Waals surface area contributed by atoms with Crippen molar-refractivity contribution in [1.82, 2.24) is 0 Å². The number of rotatable bonds is 3. The van der Waals surface area contributed by atoms with E-state index in [4.69, 9.17) is 9.47 Å². The number of carbonyl (C=O) groups excluding carboxylic acids is 1. The van der Waals surface area contributed by atoms with E-state index in [1.54, 1.807) is 0 Å². The van der Waals surface area contributed by atoms with Crippen LogP contribution in [0.4, 0.5) is 0 Å². The zero-order valence-electron chi connectivity index (χ0n) is 9.20. The zero-order valence-corrected chi connectivity index (χ0v) is 10.8. The van der Waals surface area contributed by atoms with Crippen LogP contribution in [0.2, 0.25) is 0 Å². The van der Waals surface area contributed by atoms with Gasteiger partial charge in [0.05, 0.1) is 7.11 Å². The van der Waals surface area contributed by atoms with Gasteiger partial charge in [-0.1, -0.05) is 35.0 Å². The average Bonchev–Trinajstić information content (AvgIpc) is 3.05. The van der Waals surface area contributed by atoms with Gasteiger partial charge in [0.25, 0.3) is 0 Å². The first-order chi connectivity index (χ1) is 7.64. The van der Waals surface area contributed by atoms with Gasteiger partial charge in [0, 0.05) is 4.47 Å². The van der Waals surface area contributed by atoms with Crippen molar-refractivity contribution in [3.63, 3.8) is 0 Å². The highest BCUT2D eigenvalue weighted by molar-refractivity contribution is 9.10. The second-order valence-corrected chi connectivity index (χ2v) is 4.69. The molecule has 2 rings (SSSR count). The molecule has 1 aliphatic heterocycles. The van der Waals surface area contributed by atoms with Crippen LogP contribution in [0.1, 0.15) is 18.9 Å². The van der Waals surface area contributed by atoms with Crippen molar-refractivity contribution in [2.24, 2.45) is 0 Å². The molecule has 0 N–H and O–H groups in total. The summed E-state index contributed by atoms with van der Waals surface area (Å²) in [5.74, 6) is -0.301. The monoisotopic (exact) mass is 284 g/mol. The van der Waals surface area contributed by atoms with E-state index in [-0.39, 0.29) is 5.97 Å². The number of halogens is 1. The molecule has 2 unspecified atom stereocenters. The molecular formula is C12H13BrO3. The number of benzene rings is 1. The van der Waals surface area contributed by atoms with Gasteiger partial charge in [0.2, 0.25) is 0 Å². The van der Waals surface area contributed by atoms with E-state index < -0.39 is 11.7 Å². The van der Waals surface area contributed by atoms with E-state index in [0.717, 1.165) is 16.5 Å². The van der Waals surface area contributed by atoms with Gasteiger partial charge in [0.15, 0.2) is 6.10 Å². The molecule has 0 radical (unpaired) electrons. The molecule has 1 fully saturated rings. The maximum Gasteiger partial charge on any atom is 0.338 e. The number of esters is 1. The number of carbonyl (C=O) groups is 1. The molecule has 0 bridgehead atoms. The summed E-state index contributed by atoms with van der Waals surface area (Å²) >= 11 is 3.38. The molecule has 0 aromatic heterocycles. The number of hydrogen-bond donors (Lipinski definition) is 0. The summed E-state index contributed by atoms with van der Waals surface area (Å²) in [6, 6.07) is 7.83. The third-order valence-corrected chi connectivity index (χ3v) is 3.50. The predicted octanol–water partition coefficient (Wildman–Crippen LogP) is 2.63. The fraction of sp³-hybridized carbons (Fsp3) is 0.417. The number of hydrogen-bond acceptors (Lipinski definition) is 3. The van der Waals surface area contributed by atoms with Gasteiger partial charge < -0.3 is 9.47 Å². The molecular weight excluding hydrogens is 272 g/mol. The highest BCUT2D eigenvalue weighted by Gasteiger charge is 2.61. The third-order valence-electron chi connectivity index (χ3n) is 2.97. The average molecular weight is 285 g/mol. The second kappa shape index (κ2) is 4.18. The van der Waals surface area contributed by atoms with Crippen molar-refractivity contribution in [3.8, 4) is 0 Å². The minimum absolute atomic E-state index is 0.301. The van der Waals surface area contributed by atoms with Crippen molar-refractivity contribution in [2.45, 2.75) is 25.0 Å². The minimum Gasteiger partial charge on any atom is -0.467 e. The summed E-state index contributed by atoms with van der Waals surface area (Å²) in [5, 5.41) is 0. The number of epoxide rings is 1. The molecule has 4 heteroatoms. The standard InChI is InChI=1S/C12H13BrO3/c1-3-12(10(16-12)11(14)15-2)8-4-6-9(13)7-5-8/h4-7,10H,3H2,1-2H3. The molecule has 16 heavy (non-hydrogen) atoms. The first-order valence-electron chi connectivity index (χ1n) is 5.15. The lowest BCUT2D eigenvalue weighted by Gasteiger charge is -2.10. The topological polar surface area (TPSA) is 38.8 Å². The summed E-state index contributed by atoms with van der Waals surface area (Å²) in [4.78, 5) is 11.4. The molecule has 2 atom stereocenters. The normalized spacial score (nSPS) is 27.6. The highest BCUT2D eigenvalue weighted by atomic mass is 79.9. The van der Waals surface area contributed by atoms with E-state index in [2.05, 4.69) is 15.9 Å². The van der Waals surface area contributed by atoms with E-state index in [1.165, 1.54) is 7.11 Å². The Kier molecular flexibility index (Phi) is 3.04. The molecule has 0 spiro atoms. The van der Waals surface area contributed by atoms with E-state index in [1.807, 2.05) is 31.2 Å². The molecule has 0 aliphatic carbocycles. The van der Waals surface area contributed by atoms with Crippen LogP contribution in [-0.4, -0.2) is 19.2 Å². The quantitative estimate of drug-likeness (QED) is 0.633. The SMILES string of the molecule is CCC1(c2ccc(Br)cc2)OC1C(=O)OC. The van der Waals surface area contributed by atoms with Gasteiger partial charge in [-0.3, -0.25) is 0 Å². The van der Waals surface area contributed by atoms with Gasteiger partial charge in [-0.15, -0.1) is 0 Å². The summed E-state index contributed by atoms with van der Waals surface area (Å²) in [6.45, 7) is 2.00. The smallest absolute Gasteiger partial charge is 0.338 e. The van der Waals surface area contributed by atoms with Crippen LogP contribution in [0.3, 0.4) is 0 Å². The molecule has 1 aromatic rings. The van der Waals surface area contributed by atoms with Crippen LogP contribution in [0.5, 0.6) is 0 Å². The lowest BCUT2D eigenvalue weighted by molar-refractivity contribution is -0.142. The van der Waals surface area contributed by atoms with Crippen molar-refractivity contribution >= 4 is 21.9 Å². The largest absolute Gasteiger partial charge is 0.467 e. The number of ether oxygens (including phenoxy) is 2. The summed E-state index contributed by atoms with van der Waals surface area (Å²) in [6.07, 6.45) is 0.303. The fourth-order valence-corrected chi connectivity index (χ4v) is 2.21. The second-order valence-electron chi connectivity index (χ2n) is 3.77. The molecule has 1 heterocycles. The van der Waals surface area contributed by atoms with Crippen molar-refractivity contribution in [1.29, 1.82) is 0 Å². The van der Waals surface area contributed by atoms with Crippen molar-refractivity contribution < 1.29 is 14.3 Å². The van der Waals surface area contributed by atoms with Crippen molar-refractivity contribution in [2.75, 3.05) is 7.11 Å². The molecule has 0 saturated carbocycles. The highest BCUT2D eigenvalue weighted by Crippen LogP contribution is 2.49. The first-order valence-corrected chi connectivity index (χ1v) is 5.95. The maximum atomic E-state index is 11.4. The molecule has 0 amide bonds. The van der Waals surface area contributed by atoms with Crippen molar-refractivity contribution in [3.05, 3.63) is 34.3 Å². The molecule has 1 saturated heterocycles. The molecule has 3 nitrogen and oxygen atoms in total. The van der Waals surface area contributed by atoms with Crippen LogP contribution in [0, 0.1) is 0 Å². The van der Waals surface area contributed by atoms with Gasteiger partial charge in [-0.2, -0.15) is 0 Å². The lowest BCUT2D eigenvalue weighted by atomic mass is 9.93. The van der Waals surface area contributed by atoms with Gasteiger partial charge in [0.1, 0.15) is 5.60 Å². The Bertz CT molecular complexity index is 401. The molecule has 86 valence electrons. The number of methoxy groups -OCH3 is 1. The van der Waals surface area contributed by atoms with Crippen LogP contribution in [0.15, 0.2) is 28.7 Å². The summed E-state index contributed by atoms with van der Waals surface area (Å²) in [5.41, 5.74) is 0.543. The summed E-state index contributed by atoms with van der Waals surface area (Å²) < 4.78 is 11.3. The van der Waals surface area contributed by atoms with Crippen LogP contribution < -0.4 is 0 Å². The fourth-order valence-electron chi connectivity index (χ4n) is 1.95. The Morgan fingerprint density at radius 2 is 2.12 bits per heavy atom. The Hall–Kier alpha value is -0.870. The van der Waals surface area contributed by atoms with E-state index >= 15 is 0 Å². The molecule has 1 aromatic carbocycles. The van der Waals surface area contributed by atoms with E-state index in [0.29, 0.717) is 0 Å². The van der Waals surface area contributed by atoms with Gasteiger partial charge in [-0.25, -0.2) is 4.79 Å². The molecule has 1 aliphatic rings. The predicted molar refractivity (Wildman–Crippen MR) is 63.0 cm³/mol. The Labute approximate surface area is 103 Å². The van der Waals surface area contributed by atoms with Crippen LogP contribution >= 0.6 is 15.9 Å². The van der Waals surface area contributed by atoms with E-state index in [9.17, 15) is 4.79 Å². The lowest BCUT2D eigenvalue weighted by Crippen LogP contribution is -2.19.